The quantitative estimate of drug-likeness (QED) is 0.0600. The topological polar surface area (TPSA) is 40.5 Å². The zero-order valence-corrected chi connectivity index (χ0v) is 41.2. The van der Waals surface area contributed by atoms with E-state index in [0.29, 0.717) is 0 Å². The zero-order valence-electron chi connectivity index (χ0n) is 41.2. The van der Waals surface area contributed by atoms with Crippen LogP contribution in [-0.2, 0) is 0 Å². The Morgan fingerprint density at radius 1 is 0.172 bits per heavy atom. The lowest BCUT2D eigenvalue weighted by Gasteiger charge is -2.29. The first-order chi connectivity index (χ1) is 28.4. The summed E-state index contributed by atoms with van der Waals surface area (Å²) in [4.78, 5) is 0. The van der Waals surface area contributed by atoms with Gasteiger partial charge in [-0.2, -0.15) is 0 Å². The molecule has 0 saturated heterocycles. The summed E-state index contributed by atoms with van der Waals surface area (Å²) in [6.07, 6.45) is 65.4. The molecular weight excluding hydrogens is 705 g/mol. The van der Waals surface area contributed by atoms with Gasteiger partial charge in [-0.05, 0) is 38.5 Å². The van der Waals surface area contributed by atoms with Crippen LogP contribution in [0.2, 0.25) is 0 Å². The van der Waals surface area contributed by atoms with Crippen LogP contribution in [0, 0.1) is 0 Å². The summed E-state index contributed by atoms with van der Waals surface area (Å²) < 4.78 is 0. The fourth-order valence-corrected chi connectivity index (χ4v) is 9.78. The van der Waals surface area contributed by atoms with E-state index in [-0.39, 0.29) is 0 Å². The molecule has 0 aromatic rings. The van der Waals surface area contributed by atoms with Gasteiger partial charge >= 0.3 is 0 Å². The van der Waals surface area contributed by atoms with Crippen molar-refractivity contribution in [1.82, 2.24) is 0 Å². The lowest BCUT2D eigenvalue weighted by molar-refractivity contribution is 0.00578. The van der Waals surface area contributed by atoms with E-state index < -0.39 is 11.2 Å². The maximum absolute atomic E-state index is 11.9. The van der Waals surface area contributed by atoms with Crippen molar-refractivity contribution in [2.24, 2.45) is 0 Å². The minimum Gasteiger partial charge on any atom is -0.390 e. The van der Waals surface area contributed by atoms with Gasteiger partial charge < -0.3 is 10.2 Å². The van der Waals surface area contributed by atoms with Gasteiger partial charge in [-0.1, -0.05) is 310 Å². The molecule has 2 atom stereocenters. The molecule has 0 radical (unpaired) electrons. The van der Waals surface area contributed by atoms with Crippen LogP contribution >= 0.6 is 0 Å². The summed E-state index contributed by atoms with van der Waals surface area (Å²) in [6.45, 7) is 9.22. The summed E-state index contributed by atoms with van der Waals surface area (Å²) in [5.74, 6) is 0. The molecule has 0 aliphatic carbocycles. The second kappa shape index (κ2) is 46.4. The Morgan fingerprint density at radius 2 is 0.276 bits per heavy atom. The summed E-state index contributed by atoms with van der Waals surface area (Å²) in [7, 11) is 0. The molecule has 2 nitrogen and oxygen atoms in total. The molecule has 0 aromatic carbocycles. The molecule has 0 aliphatic heterocycles. The van der Waals surface area contributed by atoms with Crippen LogP contribution in [0.15, 0.2) is 0 Å². The van der Waals surface area contributed by atoms with Crippen molar-refractivity contribution in [3.8, 4) is 0 Å². The minimum absolute atomic E-state index is 0.429. The highest BCUT2D eigenvalue weighted by Gasteiger charge is 2.26. The number of unbranched alkanes of at least 4 members (excludes halogenated alkanes) is 39. The van der Waals surface area contributed by atoms with Gasteiger partial charge in [0.05, 0.1) is 11.2 Å². The van der Waals surface area contributed by atoms with Gasteiger partial charge in [-0.3, -0.25) is 0 Å². The molecule has 2 unspecified atom stereocenters. The van der Waals surface area contributed by atoms with Crippen molar-refractivity contribution in [3.05, 3.63) is 0 Å². The van der Waals surface area contributed by atoms with E-state index in [0.717, 1.165) is 38.5 Å². The Morgan fingerprint density at radius 3 is 0.397 bits per heavy atom. The molecule has 0 heterocycles. The second-order valence-corrected chi connectivity index (χ2v) is 20.1. The van der Waals surface area contributed by atoms with Crippen molar-refractivity contribution >= 4 is 0 Å². The van der Waals surface area contributed by atoms with E-state index in [2.05, 4.69) is 27.7 Å². The molecule has 2 heteroatoms. The Labute approximate surface area is 368 Å². The fourth-order valence-electron chi connectivity index (χ4n) is 9.78. The molecule has 0 spiro atoms. The standard InChI is InChI=1S/C56H114O2/c1-5-9-13-17-21-25-29-33-39-45-51-55(57,49-43-37-31-27-23-19-15-11-7-3)53-47-41-35-36-42-48-54-56(58,50-44-38-32-28-24-20-16-12-8-4)52-46-40-34-30-26-22-18-14-10-6-2/h57-58H,5-54H2,1-4H3. The van der Waals surface area contributed by atoms with Gasteiger partial charge in [-0.25, -0.2) is 0 Å². The van der Waals surface area contributed by atoms with Crippen LogP contribution in [0.3, 0.4) is 0 Å². The van der Waals surface area contributed by atoms with Crippen LogP contribution in [0.25, 0.3) is 0 Å². The first-order valence-corrected chi connectivity index (χ1v) is 27.9. The van der Waals surface area contributed by atoms with E-state index in [1.807, 2.05) is 0 Å². The second-order valence-electron chi connectivity index (χ2n) is 20.1. The number of hydrogen-bond donors (Lipinski definition) is 2. The number of rotatable bonds is 51. The fraction of sp³-hybridized carbons (Fsp3) is 1.00. The third-order valence-electron chi connectivity index (χ3n) is 14.0. The molecule has 0 amide bonds. The van der Waals surface area contributed by atoms with Crippen molar-refractivity contribution < 1.29 is 10.2 Å². The molecule has 0 saturated carbocycles. The molecule has 58 heavy (non-hydrogen) atoms. The van der Waals surface area contributed by atoms with Crippen LogP contribution < -0.4 is 0 Å². The van der Waals surface area contributed by atoms with Crippen molar-refractivity contribution in [2.75, 3.05) is 0 Å². The molecule has 0 fully saturated rings. The van der Waals surface area contributed by atoms with E-state index in [4.69, 9.17) is 0 Å². The van der Waals surface area contributed by atoms with Gasteiger partial charge in [-0.15, -0.1) is 0 Å². The number of aliphatic hydroxyl groups is 2. The van der Waals surface area contributed by atoms with Gasteiger partial charge in [0.25, 0.3) is 0 Å². The van der Waals surface area contributed by atoms with Crippen LogP contribution in [0.5, 0.6) is 0 Å². The molecule has 0 rings (SSSR count). The maximum atomic E-state index is 11.9. The van der Waals surface area contributed by atoms with Crippen molar-refractivity contribution in [3.63, 3.8) is 0 Å². The predicted octanol–water partition coefficient (Wildman–Crippen LogP) is 20.0. The zero-order chi connectivity index (χ0) is 42.4. The summed E-state index contributed by atoms with van der Waals surface area (Å²) in [5.41, 5.74) is -0.858. The molecule has 0 aromatic heterocycles. The average molecular weight is 820 g/mol. The van der Waals surface area contributed by atoms with Gasteiger partial charge in [0.2, 0.25) is 0 Å². The summed E-state index contributed by atoms with van der Waals surface area (Å²) >= 11 is 0. The SMILES string of the molecule is CCCCCCCCCCCCC(O)(CCCCCCCCCCC)CCCCCCCCC(O)(CCCCCCCCCCC)CCCCCCCCCCCC. The van der Waals surface area contributed by atoms with Crippen LogP contribution in [0.4, 0.5) is 0 Å². The largest absolute Gasteiger partial charge is 0.390 e. The van der Waals surface area contributed by atoms with Crippen LogP contribution in [-0.4, -0.2) is 21.4 Å². The molecule has 350 valence electrons. The highest BCUT2D eigenvalue weighted by atomic mass is 16.3. The molecule has 0 bridgehead atoms. The Hall–Kier alpha value is -0.0800. The Kier molecular flexibility index (Phi) is 46.4. The van der Waals surface area contributed by atoms with E-state index in [9.17, 15) is 10.2 Å². The van der Waals surface area contributed by atoms with Gasteiger partial charge in [0.15, 0.2) is 0 Å². The van der Waals surface area contributed by atoms with E-state index >= 15 is 0 Å². The van der Waals surface area contributed by atoms with Crippen molar-refractivity contribution in [1.29, 1.82) is 0 Å². The monoisotopic (exact) mass is 819 g/mol. The Bertz CT molecular complexity index is 689. The minimum atomic E-state index is -0.429. The third-order valence-corrected chi connectivity index (χ3v) is 14.0. The summed E-state index contributed by atoms with van der Waals surface area (Å²) in [6, 6.07) is 0. The molecule has 0 aliphatic rings. The van der Waals surface area contributed by atoms with E-state index in [1.54, 1.807) is 0 Å². The smallest absolute Gasteiger partial charge is 0.0647 e. The molecular formula is C56H114O2. The van der Waals surface area contributed by atoms with Crippen LogP contribution in [0.1, 0.15) is 349 Å². The van der Waals surface area contributed by atoms with Gasteiger partial charge in [0.1, 0.15) is 0 Å². The van der Waals surface area contributed by atoms with E-state index in [1.165, 1.54) is 283 Å². The first-order valence-electron chi connectivity index (χ1n) is 27.9. The Balaban J connectivity index is 4.59. The molecule has 2 N–H and O–H groups in total. The van der Waals surface area contributed by atoms with Crippen molar-refractivity contribution in [2.45, 2.75) is 360 Å². The lowest BCUT2D eigenvalue weighted by Crippen LogP contribution is -2.28. The highest BCUT2D eigenvalue weighted by molar-refractivity contribution is 4.80. The predicted molar refractivity (Wildman–Crippen MR) is 263 cm³/mol. The van der Waals surface area contributed by atoms with Gasteiger partial charge in [0, 0.05) is 0 Å². The average Bonchev–Trinajstić information content (AvgIpc) is 3.22. The first kappa shape index (κ1) is 57.9. The highest BCUT2D eigenvalue weighted by Crippen LogP contribution is 2.31. The number of hydrogen-bond acceptors (Lipinski definition) is 2. The normalized spacial score (nSPS) is 14.0. The third kappa shape index (κ3) is 42.6. The lowest BCUT2D eigenvalue weighted by atomic mass is 9.84. The maximum Gasteiger partial charge on any atom is 0.0647 e. The summed E-state index contributed by atoms with van der Waals surface area (Å²) in [5, 5.41) is 23.7.